The molecule has 0 bridgehead atoms. The molecule has 0 fully saturated rings. The van der Waals surface area contributed by atoms with Crippen LogP contribution in [-0.2, 0) is 0 Å². The van der Waals surface area contributed by atoms with Gasteiger partial charge in [-0.15, -0.1) is 0 Å². The Morgan fingerprint density at radius 3 is 1.00 bits per heavy atom. The van der Waals surface area contributed by atoms with Crippen molar-refractivity contribution in [2.45, 2.75) is 11.8 Å². The van der Waals surface area contributed by atoms with Gasteiger partial charge in [-0.3, -0.25) is 0 Å². The summed E-state index contributed by atoms with van der Waals surface area (Å²) in [6.45, 7) is 0. The van der Waals surface area contributed by atoms with Crippen LogP contribution in [0, 0.1) is 0 Å². The van der Waals surface area contributed by atoms with Crippen LogP contribution in [0.4, 0.5) is 0 Å². The Morgan fingerprint density at radius 1 is 0.350 bits per heavy atom. The van der Waals surface area contributed by atoms with Crippen LogP contribution in [0.1, 0.15) is 23.0 Å². The minimum atomic E-state index is -0.500. The fourth-order valence-electron chi connectivity index (χ4n) is 6.45. The van der Waals surface area contributed by atoms with Crippen LogP contribution in [-0.4, -0.2) is 12.3 Å². The molecule has 0 amide bonds. The SMILES string of the molecule is c1ccc(P(CC2c3cccc4cccc(c34)C2CP(c2ccccc2)c2ccccc2)c2ccccc2)cc1. The molecule has 6 aromatic rings. The van der Waals surface area contributed by atoms with E-state index in [0.717, 1.165) is 12.3 Å². The van der Waals surface area contributed by atoms with Crippen molar-refractivity contribution in [2.24, 2.45) is 0 Å². The molecule has 0 aliphatic heterocycles. The smallest absolute Gasteiger partial charge is 0.00377 e. The largest absolute Gasteiger partial charge is 0.0622 e. The zero-order chi connectivity index (χ0) is 26.7. The summed E-state index contributed by atoms with van der Waals surface area (Å²) >= 11 is 0. The zero-order valence-corrected chi connectivity index (χ0v) is 24.3. The first-order valence-electron chi connectivity index (χ1n) is 14.1. The second-order valence-corrected chi connectivity index (χ2v) is 15.1. The Morgan fingerprint density at radius 2 is 0.675 bits per heavy atom. The third-order valence-corrected chi connectivity index (χ3v) is 13.5. The van der Waals surface area contributed by atoms with Crippen LogP contribution in [0.25, 0.3) is 10.8 Å². The van der Waals surface area contributed by atoms with Crippen LogP contribution in [0.5, 0.6) is 0 Å². The van der Waals surface area contributed by atoms with Crippen molar-refractivity contribution in [1.82, 2.24) is 0 Å². The van der Waals surface area contributed by atoms with Crippen LogP contribution in [0.3, 0.4) is 0 Å². The highest BCUT2D eigenvalue weighted by Crippen LogP contribution is 2.55. The number of benzene rings is 6. The molecule has 0 radical (unpaired) electrons. The third-order valence-electron chi connectivity index (χ3n) is 8.28. The summed E-state index contributed by atoms with van der Waals surface area (Å²) in [6, 6.07) is 59.0. The molecule has 1 aliphatic rings. The molecule has 1 aliphatic carbocycles. The molecule has 0 saturated carbocycles. The fraction of sp³-hybridized carbons (Fsp3) is 0.105. The Kier molecular flexibility index (Phi) is 7.31. The van der Waals surface area contributed by atoms with Gasteiger partial charge in [0.1, 0.15) is 0 Å². The first-order chi connectivity index (χ1) is 19.9. The number of rotatable bonds is 8. The van der Waals surface area contributed by atoms with Gasteiger partial charge < -0.3 is 0 Å². The lowest BCUT2D eigenvalue weighted by Gasteiger charge is -2.31. The summed E-state index contributed by atoms with van der Waals surface area (Å²) in [7, 11) is -1.00. The first-order valence-corrected chi connectivity index (χ1v) is 17.2. The topological polar surface area (TPSA) is 0 Å². The van der Waals surface area contributed by atoms with Gasteiger partial charge in [0.15, 0.2) is 0 Å². The number of hydrogen-bond donors (Lipinski definition) is 0. The monoisotopic (exact) mass is 550 g/mol. The summed E-state index contributed by atoms with van der Waals surface area (Å²) in [5.74, 6) is 0.954. The van der Waals surface area contributed by atoms with Gasteiger partial charge in [0.05, 0.1) is 0 Å². The number of hydrogen-bond acceptors (Lipinski definition) is 0. The molecule has 0 nitrogen and oxygen atoms in total. The van der Waals surface area contributed by atoms with E-state index in [4.69, 9.17) is 0 Å². The van der Waals surface area contributed by atoms with Crippen molar-refractivity contribution in [2.75, 3.05) is 12.3 Å². The average molecular weight is 551 g/mol. The van der Waals surface area contributed by atoms with Crippen LogP contribution >= 0.6 is 15.8 Å². The van der Waals surface area contributed by atoms with E-state index in [1.807, 2.05) is 0 Å². The van der Waals surface area contributed by atoms with Crippen LogP contribution in [0.2, 0.25) is 0 Å². The molecule has 0 spiro atoms. The Balaban J connectivity index is 1.35. The van der Waals surface area contributed by atoms with E-state index >= 15 is 0 Å². The molecule has 2 atom stereocenters. The van der Waals surface area contributed by atoms with E-state index in [-0.39, 0.29) is 0 Å². The summed E-state index contributed by atoms with van der Waals surface area (Å²) in [5, 5.41) is 8.78. The van der Waals surface area contributed by atoms with E-state index in [0.29, 0.717) is 11.8 Å². The summed E-state index contributed by atoms with van der Waals surface area (Å²) in [4.78, 5) is 0. The maximum atomic E-state index is 2.42. The molecular formula is C38H32P2. The molecule has 2 heteroatoms. The summed E-state index contributed by atoms with van der Waals surface area (Å²) < 4.78 is 0. The fourth-order valence-corrected chi connectivity index (χ4v) is 11.7. The zero-order valence-electron chi connectivity index (χ0n) is 22.5. The normalized spacial score (nSPS) is 16.1. The summed E-state index contributed by atoms with van der Waals surface area (Å²) in [6.07, 6.45) is 2.32. The standard InChI is InChI=1S/C38H32P2/c1-5-17-30(18-6-1)39(31-19-7-2-8-20-31)27-36-34-25-13-15-29-16-14-26-35(38(29)34)37(36)28-40(32-21-9-3-10-22-32)33-23-11-4-12-24-33/h1-26,36-37H,27-28H2. The average Bonchev–Trinajstić information content (AvgIpc) is 3.33. The van der Waals surface area contributed by atoms with E-state index in [1.165, 1.54) is 32.0 Å². The van der Waals surface area contributed by atoms with E-state index in [1.54, 1.807) is 11.1 Å². The van der Waals surface area contributed by atoms with Gasteiger partial charge in [-0.1, -0.05) is 158 Å². The van der Waals surface area contributed by atoms with Gasteiger partial charge in [-0.05, 0) is 83.1 Å². The lowest BCUT2D eigenvalue weighted by Crippen LogP contribution is -2.23. The molecule has 0 N–H and O–H groups in total. The predicted octanol–water partition coefficient (Wildman–Crippen LogP) is 8.29. The second kappa shape index (κ2) is 11.5. The van der Waals surface area contributed by atoms with E-state index in [2.05, 4.69) is 158 Å². The van der Waals surface area contributed by atoms with Crippen molar-refractivity contribution < 1.29 is 0 Å². The lowest BCUT2D eigenvalue weighted by atomic mass is 9.93. The molecule has 0 saturated heterocycles. The highest BCUT2D eigenvalue weighted by atomic mass is 31.1. The highest BCUT2D eigenvalue weighted by molar-refractivity contribution is 7.73. The van der Waals surface area contributed by atoms with Crippen molar-refractivity contribution >= 4 is 47.8 Å². The molecule has 0 heterocycles. The van der Waals surface area contributed by atoms with E-state index < -0.39 is 15.8 Å². The Labute approximate surface area is 240 Å². The molecule has 194 valence electrons. The molecule has 0 aromatic heterocycles. The van der Waals surface area contributed by atoms with Gasteiger partial charge >= 0.3 is 0 Å². The van der Waals surface area contributed by atoms with Crippen LogP contribution < -0.4 is 21.2 Å². The van der Waals surface area contributed by atoms with Crippen molar-refractivity contribution in [3.8, 4) is 0 Å². The highest BCUT2D eigenvalue weighted by Gasteiger charge is 2.38. The third kappa shape index (κ3) is 4.92. The minimum absolute atomic E-state index is 0.477. The molecule has 7 rings (SSSR count). The van der Waals surface area contributed by atoms with Crippen molar-refractivity contribution in [3.63, 3.8) is 0 Å². The van der Waals surface area contributed by atoms with Gasteiger partial charge in [0.2, 0.25) is 0 Å². The maximum absolute atomic E-state index is 2.42. The second-order valence-electron chi connectivity index (χ2n) is 10.6. The minimum Gasteiger partial charge on any atom is -0.0622 e. The molecule has 2 unspecified atom stereocenters. The first kappa shape index (κ1) is 25.4. The van der Waals surface area contributed by atoms with Gasteiger partial charge in [0.25, 0.3) is 0 Å². The van der Waals surface area contributed by atoms with Crippen molar-refractivity contribution in [1.29, 1.82) is 0 Å². The van der Waals surface area contributed by atoms with Crippen LogP contribution in [0.15, 0.2) is 158 Å². The van der Waals surface area contributed by atoms with E-state index in [9.17, 15) is 0 Å². The Hall–Kier alpha value is -3.56. The van der Waals surface area contributed by atoms with Gasteiger partial charge in [-0.25, -0.2) is 0 Å². The summed E-state index contributed by atoms with van der Waals surface area (Å²) in [5.41, 5.74) is 3.10. The maximum Gasteiger partial charge on any atom is -0.00377 e. The quantitative estimate of drug-likeness (QED) is 0.167. The Bertz CT molecular complexity index is 1490. The molecule has 40 heavy (non-hydrogen) atoms. The predicted molar refractivity (Wildman–Crippen MR) is 177 cm³/mol. The molecular weight excluding hydrogens is 518 g/mol. The van der Waals surface area contributed by atoms with Gasteiger partial charge in [0, 0.05) is 0 Å². The van der Waals surface area contributed by atoms with Gasteiger partial charge in [-0.2, -0.15) is 0 Å². The molecule has 6 aromatic carbocycles. The lowest BCUT2D eigenvalue weighted by molar-refractivity contribution is 0.668. The van der Waals surface area contributed by atoms with Crippen molar-refractivity contribution in [3.05, 3.63) is 169 Å².